The fraction of sp³-hybridized carbons (Fsp3) is 0.588. The zero-order valence-corrected chi connectivity index (χ0v) is 13.7. The molecule has 0 aliphatic rings. The third-order valence-corrected chi connectivity index (χ3v) is 3.75. The number of aryl methyl sites for hydroxylation is 1. The number of hydrogen-bond donors (Lipinski definition) is 1. The molecule has 0 radical (unpaired) electrons. The largest absolute Gasteiger partial charge is 0.419 e. The van der Waals surface area contributed by atoms with E-state index < -0.39 is 0 Å². The molecule has 0 saturated heterocycles. The first-order chi connectivity index (χ1) is 9.88. The average Bonchev–Trinajstić information content (AvgIpc) is 2.71. The van der Waals surface area contributed by atoms with Crippen LogP contribution in [0, 0.1) is 5.41 Å². The Balaban J connectivity index is 2.50. The number of benzene rings is 1. The van der Waals surface area contributed by atoms with Crippen LogP contribution >= 0.6 is 0 Å². The van der Waals surface area contributed by atoms with E-state index in [2.05, 4.69) is 46.0 Å². The fourth-order valence-electron chi connectivity index (χ4n) is 2.83. The van der Waals surface area contributed by atoms with E-state index in [4.69, 9.17) is 4.42 Å². The summed E-state index contributed by atoms with van der Waals surface area (Å²) in [5.74, 6) is -0.264. The maximum atomic E-state index is 11.9. The quantitative estimate of drug-likeness (QED) is 0.913. The number of rotatable bonds is 5. The lowest BCUT2D eigenvalue weighted by molar-refractivity contribution is 0.277. The van der Waals surface area contributed by atoms with Crippen LogP contribution in [0.3, 0.4) is 0 Å². The molecule has 1 unspecified atom stereocenters. The Bertz CT molecular complexity index is 661. The van der Waals surface area contributed by atoms with Crippen LogP contribution in [0.1, 0.15) is 52.6 Å². The van der Waals surface area contributed by atoms with Gasteiger partial charge in [-0.15, -0.1) is 0 Å². The highest BCUT2D eigenvalue weighted by molar-refractivity contribution is 5.74. The molecule has 0 fully saturated rings. The van der Waals surface area contributed by atoms with Gasteiger partial charge in [0.25, 0.3) is 0 Å². The van der Waals surface area contributed by atoms with Gasteiger partial charge in [0.15, 0.2) is 5.58 Å². The predicted molar refractivity (Wildman–Crippen MR) is 86.6 cm³/mol. The lowest BCUT2D eigenvalue weighted by atomic mass is 9.82. The first-order valence-corrected chi connectivity index (χ1v) is 7.75. The van der Waals surface area contributed by atoms with Crippen molar-refractivity contribution in [3.63, 3.8) is 0 Å². The predicted octanol–water partition coefficient (Wildman–Crippen LogP) is 3.70. The summed E-state index contributed by atoms with van der Waals surface area (Å²) in [6.07, 6.45) is 0.915. The SMILES string of the molecule is CCCn1c(=O)oc2cc(C(NCC)C(C)(C)C)ccc21. The Morgan fingerprint density at radius 3 is 2.57 bits per heavy atom. The average molecular weight is 290 g/mol. The summed E-state index contributed by atoms with van der Waals surface area (Å²) >= 11 is 0. The minimum Gasteiger partial charge on any atom is -0.408 e. The van der Waals surface area contributed by atoms with Crippen LogP contribution in [0.5, 0.6) is 0 Å². The summed E-state index contributed by atoms with van der Waals surface area (Å²) in [4.78, 5) is 11.9. The second-order valence-corrected chi connectivity index (χ2v) is 6.60. The van der Waals surface area contributed by atoms with Crippen molar-refractivity contribution in [1.29, 1.82) is 0 Å². The van der Waals surface area contributed by atoms with Crippen molar-refractivity contribution in [2.45, 2.75) is 53.6 Å². The molecule has 4 heteroatoms. The third-order valence-electron chi connectivity index (χ3n) is 3.75. The number of nitrogens with one attached hydrogen (secondary N) is 1. The lowest BCUT2D eigenvalue weighted by Crippen LogP contribution is -2.32. The van der Waals surface area contributed by atoms with Gasteiger partial charge in [0, 0.05) is 12.6 Å². The standard InChI is InChI=1S/C17H26N2O2/c1-6-10-19-13-9-8-12(11-14(13)21-16(19)20)15(18-7-2)17(3,4)5/h8-9,11,15,18H,6-7,10H2,1-5H3. The molecular weight excluding hydrogens is 264 g/mol. The van der Waals surface area contributed by atoms with Gasteiger partial charge in [-0.05, 0) is 36.1 Å². The minimum absolute atomic E-state index is 0.0932. The second kappa shape index (κ2) is 6.06. The van der Waals surface area contributed by atoms with Crippen LogP contribution < -0.4 is 11.1 Å². The summed E-state index contributed by atoms with van der Waals surface area (Å²) in [6.45, 7) is 12.4. The van der Waals surface area contributed by atoms with Gasteiger partial charge in [-0.2, -0.15) is 0 Å². The van der Waals surface area contributed by atoms with E-state index in [0.717, 1.165) is 24.0 Å². The summed E-state index contributed by atoms with van der Waals surface area (Å²) in [6, 6.07) is 6.33. The molecule has 21 heavy (non-hydrogen) atoms. The molecule has 0 saturated carbocycles. The number of nitrogens with zero attached hydrogens (tertiary/aromatic N) is 1. The van der Waals surface area contributed by atoms with Crippen molar-refractivity contribution in [3.05, 3.63) is 34.3 Å². The lowest BCUT2D eigenvalue weighted by Gasteiger charge is -2.31. The van der Waals surface area contributed by atoms with Crippen molar-refractivity contribution in [3.8, 4) is 0 Å². The molecule has 1 aromatic carbocycles. The van der Waals surface area contributed by atoms with Crippen molar-refractivity contribution < 1.29 is 4.42 Å². The molecule has 2 rings (SSSR count). The van der Waals surface area contributed by atoms with Gasteiger partial charge < -0.3 is 9.73 Å². The Morgan fingerprint density at radius 1 is 1.29 bits per heavy atom. The maximum absolute atomic E-state index is 11.9. The fourth-order valence-corrected chi connectivity index (χ4v) is 2.83. The van der Waals surface area contributed by atoms with Crippen LogP contribution in [0.15, 0.2) is 27.4 Å². The molecule has 116 valence electrons. The molecule has 0 bridgehead atoms. The molecular formula is C17H26N2O2. The molecule has 0 aliphatic carbocycles. The maximum Gasteiger partial charge on any atom is 0.419 e. The van der Waals surface area contributed by atoms with E-state index >= 15 is 0 Å². The zero-order valence-electron chi connectivity index (χ0n) is 13.7. The number of fused-ring (bicyclic) bond motifs is 1. The Morgan fingerprint density at radius 2 is 2.00 bits per heavy atom. The Labute approximate surface area is 126 Å². The molecule has 1 atom stereocenters. The van der Waals surface area contributed by atoms with E-state index in [1.54, 1.807) is 4.57 Å². The van der Waals surface area contributed by atoms with Crippen LogP contribution in [0.4, 0.5) is 0 Å². The minimum atomic E-state index is -0.264. The highest BCUT2D eigenvalue weighted by atomic mass is 16.4. The topological polar surface area (TPSA) is 47.2 Å². The smallest absolute Gasteiger partial charge is 0.408 e. The van der Waals surface area contributed by atoms with Crippen molar-refractivity contribution in [2.24, 2.45) is 5.41 Å². The van der Waals surface area contributed by atoms with Crippen molar-refractivity contribution in [1.82, 2.24) is 9.88 Å². The number of aromatic nitrogens is 1. The summed E-state index contributed by atoms with van der Waals surface area (Å²) in [7, 11) is 0. The Kier molecular flexibility index (Phi) is 4.57. The monoisotopic (exact) mass is 290 g/mol. The molecule has 1 N–H and O–H groups in total. The van der Waals surface area contributed by atoms with Gasteiger partial charge in [-0.3, -0.25) is 4.57 Å². The van der Waals surface area contributed by atoms with E-state index in [9.17, 15) is 4.79 Å². The summed E-state index contributed by atoms with van der Waals surface area (Å²) < 4.78 is 7.12. The Hall–Kier alpha value is -1.55. The van der Waals surface area contributed by atoms with Crippen LogP contribution in [-0.2, 0) is 6.54 Å². The number of oxazole rings is 1. The first-order valence-electron chi connectivity index (χ1n) is 7.75. The molecule has 1 heterocycles. The van der Waals surface area contributed by atoms with Gasteiger partial charge in [0.05, 0.1) is 5.52 Å². The van der Waals surface area contributed by atoms with Crippen LogP contribution in [0.2, 0.25) is 0 Å². The van der Waals surface area contributed by atoms with Crippen molar-refractivity contribution >= 4 is 11.1 Å². The highest BCUT2D eigenvalue weighted by Crippen LogP contribution is 2.33. The van der Waals surface area contributed by atoms with E-state index in [-0.39, 0.29) is 17.2 Å². The molecule has 1 aromatic heterocycles. The van der Waals surface area contributed by atoms with E-state index in [1.165, 1.54) is 0 Å². The normalized spacial score (nSPS) is 13.8. The van der Waals surface area contributed by atoms with Crippen LogP contribution in [0.25, 0.3) is 11.1 Å². The first kappa shape index (κ1) is 15.8. The highest BCUT2D eigenvalue weighted by Gasteiger charge is 2.26. The zero-order chi connectivity index (χ0) is 15.6. The second-order valence-electron chi connectivity index (χ2n) is 6.60. The molecule has 4 nitrogen and oxygen atoms in total. The van der Waals surface area contributed by atoms with Gasteiger partial charge in [-0.25, -0.2) is 4.79 Å². The number of hydrogen-bond acceptors (Lipinski definition) is 3. The van der Waals surface area contributed by atoms with Gasteiger partial charge in [0.1, 0.15) is 0 Å². The van der Waals surface area contributed by atoms with E-state index in [0.29, 0.717) is 12.1 Å². The summed E-state index contributed by atoms with van der Waals surface area (Å²) in [5, 5.41) is 3.52. The van der Waals surface area contributed by atoms with E-state index in [1.807, 2.05) is 12.1 Å². The van der Waals surface area contributed by atoms with Crippen molar-refractivity contribution in [2.75, 3.05) is 6.54 Å². The van der Waals surface area contributed by atoms with Gasteiger partial charge in [-0.1, -0.05) is 40.7 Å². The molecule has 2 aromatic rings. The molecule has 0 spiro atoms. The third kappa shape index (κ3) is 3.21. The van der Waals surface area contributed by atoms with Gasteiger partial charge >= 0.3 is 5.76 Å². The summed E-state index contributed by atoms with van der Waals surface area (Å²) in [5.41, 5.74) is 2.82. The molecule has 0 amide bonds. The molecule has 0 aliphatic heterocycles. The van der Waals surface area contributed by atoms with Gasteiger partial charge in [0.2, 0.25) is 0 Å². The van der Waals surface area contributed by atoms with Crippen LogP contribution in [-0.4, -0.2) is 11.1 Å².